The highest BCUT2D eigenvalue weighted by Crippen LogP contribution is 2.11. The van der Waals surface area contributed by atoms with Crippen LogP contribution in [0.3, 0.4) is 0 Å². The largest absolute Gasteiger partial charge is 0.445 e. The van der Waals surface area contributed by atoms with Gasteiger partial charge in [-0.25, -0.2) is 4.79 Å². The van der Waals surface area contributed by atoms with E-state index >= 15 is 0 Å². The lowest BCUT2D eigenvalue weighted by molar-refractivity contribution is -0.139. The number of hydrogen-bond acceptors (Lipinski definition) is 3. The van der Waals surface area contributed by atoms with E-state index in [0.29, 0.717) is 6.54 Å². The first-order chi connectivity index (χ1) is 9.20. The van der Waals surface area contributed by atoms with Crippen molar-refractivity contribution < 1.29 is 14.3 Å². The third-order valence-corrected chi connectivity index (χ3v) is 2.79. The quantitative estimate of drug-likeness (QED) is 0.837. The number of nitrogens with one attached hydrogen (secondary N) is 1. The molecule has 0 unspecified atom stereocenters. The summed E-state index contributed by atoms with van der Waals surface area (Å²) in [6.45, 7) is 2.53. The van der Waals surface area contributed by atoms with E-state index < -0.39 is 12.1 Å². The number of rotatable bonds is 4. The van der Waals surface area contributed by atoms with Gasteiger partial charge >= 0.3 is 6.09 Å². The van der Waals surface area contributed by atoms with Gasteiger partial charge in [-0.2, -0.15) is 0 Å². The molecule has 1 saturated heterocycles. The number of carbonyl (C=O) groups is 2. The monoisotopic (exact) mass is 260 g/mol. The number of nitrogens with zero attached hydrogens (tertiary/aromatic N) is 1. The lowest BCUT2D eigenvalue weighted by atomic mass is 10.1. The van der Waals surface area contributed by atoms with E-state index in [-0.39, 0.29) is 12.5 Å². The molecule has 0 aliphatic carbocycles. The standard InChI is InChI=1S/C14H16N2O3/c1-2-8-16-9-12(13(16)17)15-14(18)19-10-11-6-4-3-5-7-11/h2-8,12H,9-10H2,1H3,(H,15,18)/b8-2+/t12-/m0/s1. The molecule has 5 nitrogen and oxygen atoms in total. The van der Waals surface area contributed by atoms with Crippen LogP contribution in [-0.4, -0.2) is 29.5 Å². The zero-order chi connectivity index (χ0) is 13.7. The van der Waals surface area contributed by atoms with Crippen LogP contribution < -0.4 is 5.32 Å². The van der Waals surface area contributed by atoms with Crippen molar-refractivity contribution in [3.8, 4) is 0 Å². The average Bonchev–Trinajstić information content (AvgIpc) is 2.45. The van der Waals surface area contributed by atoms with Crippen molar-refractivity contribution in [3.63, 3.8) is 0 Å². The van der Waals surface area contributed by atoms with Gasteiger partial charge in [0.2, 0.25) is 0 Å². The van der Waals surface area contributed by atoms with Gasteiger partial charge in [-0.05, 0) is 12.5 Å². The summed E-state index contributed by atoms with van der Waals surface area (Å²) in [7, 11) is 0. The molecule has 0 saturated carbocycles. The topological polar surface area (TPSA) is 58.6 Å². The number of benzene rings is 1. The predicted octanol–water partition coefficient (Wildman–Crippen LogP) is 1.66. The van der Waals surface area contributed by atoms with Gasteiger partial charge in [0.15, 0.2) is 0 Å². The van der Waals surface area contributed by atoms with Crippen LogP contribution in [0.4, 0.5) is 4.79 Å². The fourth-order valence-corrected chi connectivity index (χ4v) is 1.78. The number of likely N-dealkylation sites (tertiary alicyclic amines) is 1. The number of hydrogen-bond donors (Lipinski definition) is 1. The number of amides is 2. The zero-order valence-electron chi connectivity index (χ0n) is 10.7. The lowest BCUT2D eigenvalue weighted by Gasteiger charge is -2.35. The molecule has 1 aromatic carbocycles. The molecule has 1 heterocycles. The number of carbonyl (C=O) groups excluding carboxylic acids is 2. The average molecular weight is 260 g/mol. The van der Waals surface area contributed by atoms with Gasteiger partial charge in [0.1, 0.15) is 12.6 Å². The van der Waals surface area contributed by atoms with Crippen molar-refractivity contribution in [2.45, 2.75) is 19.6 Å². The van der Waals surface area contributed by atoms with Gasteiger partial charge in [0, 0.05) is 6.20 Å². The zero-order valence-corrected chi connectivity index (χ0v) is 10.7. The fraction of sp³-hybridized carbons (Fsp3) is 0.286. The van der Waals surface area contributed by atoms with Crippen molar-refractivity contribution in [1.29, 1.82) is 0 Å². The van der Waals surface area contributed by atoms with Crippen molar-refractivity contribution >= 4 is 12.0 Å². The van der Waals surface area contributed by atoms with E-state index in [2.05, 4.69) is 5.32 Å². The molecule has 0 spiro atoms. The minimum Gasteiger partial charge on any atom is -0.445 e. The Kier molecular flexibility index (Phi) is 4.18. The van der Waals surface area contributed by atoms with Gasteiger partial charge in [0.25, 0.3) is 5.91 Å². The molecule has 5 heteroatoms. The van der Waals surface area contributed by atoms with E-state index in [1.54, 1.807) is 17.2 Å². The molecular formula is C14H16N2O3. The van der Waals surface area contributed by atoms with E-state index in [1.807, 2.05) is 37.3 Å². The Morgan fingerprint density at radius 1 is 1.47 bits per heavy atom. The molecule has 1 aromatic rings. The minimum atomic E-state index is -0.567. The first-order valence-corrected chi connectivity index (χ1v) is 6.11. The molecule has 2 amide bonds. The second kappa shape index (κ2) is 6.04. The Balaban J connectivity index is 1.73. The molecule has 1 fully saturated rings. The van der Waals surface area contributed by atoms with E-state index in [1.165, 1.54) is 0 Å². The maximum absolute atomic E-state index is 11.6. The highest BCUT2D eigenvalue weighted by Gasteiger charge is 2.36. The summed E-state index contributed by atoms with van der Waals surface area (Å²) in [4.78, 5) is 24.6. The minimum absolute atomic E-state index is 0.116. The molecule has 1 atom stereocenters. The van der Waals surface area contributed by atoms with Crippen LogP contribution in [0.2, 0.25) is 0 Å². The summed E-state index contributed by atoms with van der Waals surface area (Å²) in [5, 5.41) is 2.54. The number of alkyl carbamates (subject to hydrolysis) is 1. The van der Waals surface area contributed by atoms with Crippen molar-refractivity contribution in [1.82, 2.24) is 10.2 Å². The van der Waals surface area contributed by atoms with Crippen LogP contribution in [0.5, 0.6) is 0 Å². The Morgan fingerprint density at radius 3 is 2.84 bits per heavy atom. The number of allylic oxidation sites excluding steroid dienone is 1. The van der Waals surface area contributed by atoms with E-state index in [0.717, 1.165) is 5.56 Å². The lowest BCUT2D eigenvalue weighted by Crippen LogP contribution is -2.61. The summed E-state index contributed by atoms with van der Waals surface area (Å²) in [5.74, 6) is -0.116. The molecule has 1 aliphatic rings. The molecular weight excluding hydrogens is 244 g/mol. The summed E-state index contributed by atoms with van der Waals surface area (Å²) < 4.78 is 5.04. The van der Waals surface area contributed by atoms with Crippen molar-refractivity contribution in [2.75, 3.05) is 6.54 Å². The Morgan fingerprint density at radius 2 is 2.21 bits per heavy atom. The predicted molar refractivity (Wildman–Crippen MR) is 70.1 cm³/mol. The maximum atomic E-state index is 11.6. The molecule has 0 bridgehead atoms. The summed E-state index contributed by atoms with van der Waals surface area (Å²) >= 11 is 0. The fourth-order valence-electron chi connectivity index (χ4n) is 1.78. The second-order valence-electron chi connectivity index (χ2n) is 4.23. The third-order valence-electron chi connectivity index (χ3n) is 2.79. The van der Waals surface area contributed by atoms with Crippen LogP contribution in [0.1, 0.15) is 12.5 Å². The first-order valence-electron chi connectivity index (χ1n) is 6.11. The van der Waals surface area contributed by atoms with Crippen LogP contribution in [-0.2, 0) is 16.1 Å². The van der Waals surface area contributed by atoms with Crippen LogP contribution in [0.25, 0.3) is 0 Å². The van der Waals surface area contributed by atoms with Crippen molar-refractivity contribution in [2.24, 2.45) is 0 Å². The number of β-lactam (4-membered cyclic amide) rings is 1. The molecule has 1 N–H and O–H groups in total. The normalized spacial score (nSPS) is 18.3. The Labute approximate surface area is 111 Å². The summed E-state index contributed by atoms with van der Waals surface area (Å²) in [6, 6.07) is 8.92. The molecule has 0 radical (unpaired) electrons. The third kappa shape index (κ3) is 3.34. The maximum Gasteiger partial charge on any atom is 0.408 e. The summed E-state index contributed by atoms with van der Waals surface area (Å²) in [5.41, 5.74) is 0.910. The molecule has 1 aliphatic heterocycles. The van der Waals surface area contributed by atoms with Gasteiger partial charge in [-0.1, -0.05) is 36.4 Å². The molecule has 100 valence electrons. The molecule has 19 heavy (non-hydrogen) atoms. The smallest absolute Gasteiger partial charge is 0.408 e. The second-order valence-corrected chi connectivity index (χ2v) is 4.23. The van der Waals surface area contributed by atoms with Crippen LogP contribution in [0, 0.1) is 0 Å². The Hall–Kier alpha value is -2.30. The molecule has 0 aromatic heterocycles. The van der Waals surface area contributed by atoms with E-state index in [9.17, 15) is 9.59 Å². The van der Waals surface area contributed by atoms with Gasteiger partial charge in [0.05, 0.1) is 6.54 Å². The van der Waals surface area contributed by atoms with Gasteiger partial charge in [-0.15, -0.1) is 0 Å². The number of ether oxygens (including phenoxy) is 1. The highest BCUT2D eigenvalue weighted by molar-refractivity contribution is 5.91. The van der Waals surface area contributed by atoms with Crippen LogP contribution >= 0.6 is 0 Å². The highest BCUT2D eigenvalue weighted by atomic mass is 16.5. The summed E-state index contributed by atoms with van der Waals surface area (Å²) in [6.07, 6.45) is 2.90. The van der Waals surface area contributed by atoms with Gasteiger partial charge < -0.3 is 15.0 Å². The molecule has 2 rings (SSSR count). The van der Waals surface area contributed by atoms with Gasteiger partial charge in [-0.3, -0.25) is 4.79 Å². The van der Waals surface area contributed by atoms with Crippen LogP contribution in [0.15, 0.2) is 42.6 Å². The first kappa shape index (κ1) is 13.1. The Bertz CT molecular complexity index is 485. The van der Waals surface area contributed by atoms with Crippen molar-refractivity contribution in [3.05, 3.63) is 48.2 Å². The van der Waals surface area contributed by atoms with E-state index in [4.69, 9.17) is 4.74 Å². The SMILES string of the molecule is C/C=C/N1C[C@H](NC(=O)OCc2ccccc2)C1=O.